The van der Waals surface area contributed by atoms with Crippen molar-refractivity contribution in [1.82, 2.24) is 15.0 Å². The molecule has 14 rings (SSSR count). The number of thiophene rings is 3. The quantitative estimate of drug-likeness (QED) is 0.0315. The van der Waals surface area contributed by atoms with Gasteiger partial charge in [-0.1, -0.05) is 206 Å². The van der Waals surface area contributed by atoms with Crippen LogP contribution in [0.1, 0.15) is 116 Å². The highest BCUT2D eigenvalue weighted by molar-refractivity contribution is 7.08. The number of carboxylic acid groups (broad SMARTS) is 7. The molecule has 0 aliphatic carbocycles. The SMILES string of the molecule is N#CC(O)Cc1ccccc1.N#CC(O)c1cccc2ccccc12.N#CC(O)c1cccnc1.N#CC(O)c1ccsc1.O=C(O)C(O)c1ccsc1.O=C(O)C(O)c1ccsc1.O=C(O)[C@@H](O)c1cccc2ccccc12.O=C(O)[C@@H](O)c1cccnc1.O=C(O)[C@H](O)Cc1ccccc1.O=C(O)[C@H](O)c1cccc2ccccc12.O=C(O)[C@H](O)c1cccnc1. The second kappa shape index (κ2) is 58.1. The highest BCUT2D eigenvalue weighted by Crippen LogP contribution is 2.28. The minimum absolute atomic E-state index is 0.163. The molecule has 660 valence electrons. The van der Waals surface area contributed by atoms with E-state index in [0.29, 0.717) is 56.5 Å². The first-order chi connectivity index (χ1) is 61.3. The third kappa shape index (κ3) is 37.5. The number of aromatic nitrogens is 3. The van der Waals surface area contributed by atoms with Crippen LogP contribution in [-0.2, 0) is 46.4 Å². The maximum Gasteiger partial charge on any atom is 0.337 e. The van der Waals surface area contributed by atoms with Crippen molar-refractivity contribution in [2.45, 2.75) is 80.0 Å². The van der Waals surface area contributed by atoms with Crippen LogP contribution in [0.3, 0.4) is 0 Å². The molecule has 0 saturated heterocycles. The Hall–Kier alpha value is -15.1. The van der Waals surface area contributed by atoms with Gasteiger partial charge in [0.1, 0.15) is 6.10 Å². The summed E-state index contributed by atoms with van der Waals surface area (Å²) < 4.78 is 0. The summed E-state index contributed by atoms with van der Waals surface area (Å²) >= 11 is 4.20. The van der Waals surface area contributed by atoms with E-state index >= 15 is 0 Å². The smallest absolute Gasteiger partial charge is 0.337 e. The van der Waals surface area contributed by atoms with E-state index in [4.69, 9.17) is 97.6 Å². The molecule has 14 aromatic rings. The van der Waals surface area contributed by atoms with Crippen LogP contribution in [0.15, 0.2) is 312 Å². The zero-order chi connectivity index (χ0) is 94.5. The van der Waals surface area contributed by atoms with Gasteiger partial charge >= 0.3 is 41.8 Å². The predicted molar refractivity (Wildman–Crippen MR) is 470 cm³/mol. The number of aliphatic carboxylic acids is 7. The Labute approximate surface area is 742 Å². The van der Waals surface area contributed by atoms with Crippen molar-refractivity contribution >= 4 is 108 Å². The van der Waals surface area contributed by atoms with Crippen LogP contribution in [0, 0.1) is 45.3 Å². The fourth-order valence-corrected chi connectivity index (χ4v) is 12.3. The molecular formula is C93H85N7O25S3. The lowest BCUT2D eigenvalue weighted by Crippen LogP contribution is -2.21. The molecule has 32 nitrogen and oxygen atoms in total. The number of nitrogens with zero attached hydrogens (tertiary/aromatic N) is 7. The Morgan fingerprint density at radius 3 is 0.867 bits per heavy atom. The summed E-state index contributed by atoms with van der Waals surface area (Å²) in [6, 6.07) is 78.4. The third-order valence-corrected chi connectivity index (χ3v) is 18.8. The zero-order valence-corrected chi connectivity index (χ0v) is 69.5. The van der Waals surface area contributed by atoms with Gasteiger partial charge in [-0.2, -0.15) is 55.1 Å². The Bertz CT molecular complexity index is 5640. The lowest BCUT2D eigenvalue weighted by atomic mass is 10.0. The van der Waals surface area contributed by atoms with Crippen molar-refractivity contribution < 1.29 is 125 Å². The molecule has 0 saturated carbocycles. The number of hydrogen-bond acceptors (Lipinski definition) is 28. The molecule has 0 radical (unpaired) electrons. The Morgan fingerprint density at radius 2 is 0.562 bits per heavy atom. The van der Waals surface area contributed by atoms with Crippen LogP contribution in [0.25, 0.3) is 32.3 Å². The van der Waals surface area contributed by atoms with Gasteiger partial charge in [0, 0.05) is 89.0 Å². The number of carbonyl (C=O) groups is 7. The highest BCUT2D eigenvalue weighted by atomic mass is 32.1. The van der Waals surface area contributed by atoms with E-state index in [0.717, 1.165) is 43.4 Å². The zero-order valence-electron chi connectivity index (χ0n) is 67.1. The maximum atomic E-state index is 10.7. The van der Waals surface area contributed by atoms with Crippen molar-refractivity contribution in [2.75, 3.05) is 0 Å². The van der Waals surface area contributed by atoms with Crippen molar-refractivity contribution in [3.8, 4) is 24.3 Å². The molecule has 6 aromatic heterocycles. The molecule has 0 spiro atoms. The second-order valence-electron chi connectivity index (χ2n) is 25.7. The molecule has 0 fully saturated rings. The molecule has 18 N–H and O–H groups in total. The molecular weight excluding hydrogens is 1710 g/mol. The Morgan fingerprint density at radius 1 is 0.273 bits per heavy atom. The van der Waals surface area contributed by atoms with Crippen LogP contribution < -0.4 is 0 Å². The van der Waals surface area contributed by atoms with Gasteiger partial charge in [-0.25, -0.2) is 33.6 Å². The van der Waals surface area contributed by atoms with Gasteiger partial charge in [0.25, 0.3) is 0 Å². The van der Waals surface area contributed by atoms with Crippen LogP contribution in [0.2, 0.25) is 0 Å². The van der Waals surface area contributed by atoms with Crippen LogP contribution in [-0.4, -0.2) is 161 Å². The standard InChI is InChI=1S/C12H9NO.2C12H10O3.C9H9NO.C9H10O3.C7H6N2O.2C7H7NO3.C6H5NOS.2C6H6O3S/c13-8-12(14)11-7-3-5-9-4-1-2-6-10(9)11;2*13-11(12(14)15)10-7-3-5-8-4-1-2-6-9(8)10;10-7-9(11)6-8-4-2-1-3-5-8;10-8(9(11)12)6-7-4-2-1-3-5-7;8-4-7(10)6-2-1-3-9-5-6;2*9-6(7(10)11)5-2-1-3-8-4-5;7-3-6(8)5-1-2-9-4-5;2*7-5(6(8)9)4-1-2-10-3-4/h1-7,12,14H;2*1-7,11,13H,(H,14,15);1-5,9,11H,6H2;1-5,8,10H,6H2,(H,11,12);1-3,5,7,10H;2*1-4,6,9H,(H,10,11);1-2,4,6,8H;2*1-3,5,7H,(H,8,9)/t;2*11-;;8-;;2*6-;;;/m.10.1.10.../s1. The summed E-state index contributed by atoms with van der Waals surface area (Å²) in [5, 5.41) is 208. The van der Waals surface area contributed by atoms with Gasteiger partial charge < -0.3 is 91.9 Å². The highest BCUT2D eigenvalue weighted by Gasteiger charge is 2.22. The lowest BCUT2D eigenvalue weighted by molar-refractivity contribution is -0.147. The number of pyridine rings is 3. The summed E-state index contributed by atoms with van der Waals surface area (Å²) in [7, 11) is 0. The van der Waals surface area contributed by atoms with E-state index in [1.807, 2.05) is 145 Å². The first-order valence-corrected chi connectivity index (χ1v) is 40.1. The lowest BCUT2D eigenvalue weighted by Gasteiger charge is -2.09. The van der Waals surface area contributed by atoms with E-state index in [-0.39, 0.29) is 6.42 Å². The number of aliphatic hydroxyl groups excluding tert-OH is 11. The van der Waals surface area contributed by atoms with Gasteiger partial charge in [-0.3, -0.25) is 15.0 Å². The first kappa shape index (κ1) is 105. The third-order valence-electron chi connectivity index (χ3n) is 16.7. The summed E-state index contributed by atoms with van der Waals surface area (Å²) in [5.74, 6) is -8.59. The number of benzene rings is 8. The van der Waals surface area contributed by atoms with Crippen LogP contribution >= 0.6 is 34.0 Å². The fourth-order valence-electron chi connectivity index (χ4n) is 10.2. The van der Waals surface area contributed by atoms with E-state index < -0.39 is 109 Å². The molecule has 0 aliphatic heterocycles. The number of aliphatic hydroxyl groups is 11. The van der Waals surface area contributed by atoms with Crippen molar-refractivity contribution in [1.29, 1.82) is 21.0 Å². The molecule has 6 heterocycles. The largest absolute Gasteiger partial charge is 0.479 e. The summed E-state index contributed by atoms with van der Waals surface area (Å²) in [6.45, 7) is 0. The normalized spacial score (nSPS) is 12.5. The number of hydrogen-bond donors (Lipinski definition) is 18. The van der Waals surface area contributed by atoms with Crippen molar-refractivity contribution in [3.63, 3.8) is 0 Å². The molecule has 6 unspecified atom stereocenters. The number of fused-ring (bicyclic) bond motifs is 3. The topological polar surface area (TPSA) is 617 Å². The van der Waals surface area contributed by atoms with Crippen LogP contribution in [0.5, 0.6) is 0 Å². The first-order valence-electron chi connectivity index (χ1n) is 37.2. The second-order valence-corrected chi connectivity index (χ2v) is 28.0. The van der Waals surface area contributed by atoms with E-state index in [2.05, 4.69) is 15.0 Å². The number of nitriles is 4. The summed E-state index contributed by atoms with van der Waals surface area (Å²) in [6.07, 6.45) is -4.52. The molecule has 128 heavy (non-hydrogen) atoms. The Kier molecular flexibility index (Phi) is 47.8. The molecule has 0 amide bonds. The molecule has 0 aliphatic rings. The van der Waals surface area contributed by atoms with Gasteiger partial charge in [-0.15, -0.1) is 0 Å². The van der Waals surface area contributed by atoms with Gasteiger partial charge in [0.15, 0.2) is 61.0 Å². The summed E-state index contributed by atoms with van der Waals surface area (Å²) in [4.78, 5) is 83.5. The van der Waals surface area contributed by atoms with Crippen molar-refractivity contribution in [3.05, 3.63) is 373 Å². The Balaban J connectivity index is 0.000000296. The maximum absolute atomic E-state index is 10.7. The minimum Gasteiger partial charge on any atom is -0.479 e. The van der Waals surface area contributed by atoms with Gasteiger partial charge in [0.2, 0.25) is 0 Å². The molecule has 8 aromatic carbocycles. The monoisotopic (exact) mass is 1800 g/mol. The number of carboxylic acids is 7. The predicted octanol–water partition coefficient (Wildman–Crippen LogP) is 12.2. The van der Waals surface area contributed by atoms with E-state index in [1.54, 1.807) is 148 Å². The van der Waals surface area contributed by atoms with E-state index in [1.165, 1.54) is 77.1 Å². The fraction of sp³-hybridized carbons (Fsp3) is 0.140. The van der Waals surface area contributed by atoms with Gasteiger partial charge in [-0.05, 0) is 123 Å². The van der Waals surface area contributed by atoms with Crippen molar-refractivity contribution in [2.24, 2.45) is 0 Å². The average molecular weight is 1800 g/mol. The molecule has 11 atom stereocenters. The minimum atomic E-state index is -1.47. The average Bonchev–Trinajstić information content (AvgIpc) is 1.08. The molecule has 0 bridgehead atoms. The summed E-state index contributed by atoms with van der Waals surface area (Å²) in [5.41, 5.74) is 6.03. The van der Waals surface area contributed by atoms with Crippen LogP contribution in [0.4, 0.5) is 0 Å². The van der Waals surface area contributed by atoms with E-state index in [9.17, 15) is 48.9 Å². The molecule has 35 heteroatoms. The van der Waals surface area contributed by atoms with Gasteiger partial charge in [0.05, 0.1) is 24.3 Å². The number of rotatable bonds is 20.